The normalized spacial score (nSPS) is 15.9. The Balaban J connectivity index is 2.31. The molecular formula is C14H18N2. The molecule has 84 valence electrons. The molecule has 1 aliphatic rings. The molecule has 0 amide bonds. The molecule has 2 heteroatoms. The van der Waals surface area contributed by atoms with Gasteiger partial charge in [0.05, 0.1) is 12.5 Å². The zero-order valence-electron chi connectivity index (χ0n) is 10.0. The fraction of sp³-hybridized carbons (Fsp3) is 0.500. The van der Waals surface area contributed by atoms with Crippen molar-refractivity contribution < 1.29 is 0 Å². The van der Waals surface area contributed by atoms with Crippen LogP contribution in [0.3, 0.4) is 0 Å². The maximum absolute atomic E-state index is 8.83. The van der Waals surface area contributed by atoms with E-state index in [-0.39, 0.29) is 0 Å². The van der Waals surface area contributed by atoms with Crippen LogP contribution in [-0.4, -0.2) is 17.5 Å². The van der Waals surface area contributed by atoms with Crippen LogP contribution in [0, 0.1) is 11.3 Å². The fourth-order valence-electron chi connectivity index (χ4n) is 2.36. The van der Waals surface area contributed by atoms with Gasteiger partial charge in [-0.25, -0.2) is 0 Å². The molecule has 0 saturated carbocycles. The van der Waals surface area contributed by atoms with E-state index in [1.807, 2.05) is 0 Å². The largest absolute Gasteiger partial charge is 0.296 e. The maximum atomic E-state index is 8.83. The average molecular weight is 214 g/mol. The lowest BCUT2D eigenvalue weighted by molar-refractivity contribution is 0.203. The highest BCUT2D eigenvalue weighted by atomic mass is 15.1. The lowest BCUT2D eigenvalue weighted by atomic mass is 9.93. The minimum atomic E-state index is 0.537. The van der Waals surface area contributed by atoms with Crippen molar-refractivity contribution in [1.82, 2.24) is 4.90 Å². The van der Waals surface area contributed by atoms with Gasteiger partial charge in [-0.05, 0) is 37.0 Å². The summed E-state index contributed by atoms with van der Waals surface area (Å²) in [4.78, 5) is 2.48. The van der Waals surface area contributed by atoms with Gasteiger partial charge in [0.2, 0.25) is 0 Å². The van der Waals surface area contributed by atoms with Crippen molar-refractivity contribution in [1.29, 1.82) is 5.26 Å². The second kappa shape index (κ2) is 4.67. The number of benzene rings is 1. The van der Waals surface area contributed by atoms with Crippen molar-refractivity contribution in [3.05, 3.63) is 34.9 Å². The molecular weight excluding hydrogens is 196 g/mol. The molecule has 0 atom stereocenters. The Morgan fingerprint density at radius 1 is 1.44 bits per heavy atom. The highest BCUT2D eigenvalue weighted by molar-refractivity contribution is 5.38. The number of nitriles is 1. The van der Waals surface area contributed by atoms with Crippen molar-refractivity contribution in [3.8, 4) is 6.07 Å². The summed E-state index contributed by atoms with van der Waals surface area (Å²) in [5.74, 6) is 0. The molecule has 2 rings (SSSR count). The van der Waals surface area contributed by atoms with E-state index in [1.165, 1.54) is 16.7 Å². The SMILES string of the molecule is CC(C)N1CCc2cccc(CC#N)c2C1. The molecule has 0 spiro atoms. The van der Waals surface area contributed by atoms with E-state index >= 15 is 0 Å². The van der Waals surface area contributed by atoms with Gasteiger partial charge in [-0.3, -0.25) is 4.90 Å². The number of rotatable bonds is 2. The van der Waals surface area contributed by atoms with Crippen LogP contribution in [0.2, 0.25) is 0 Å². The summed E-state index contributed by atoms with van der Waals surface area (Å²) in [6.07, 6.45) is 1.65. The third-order valence-corrected chi connectivity index (χ3v) is 3.40. The van der Waals surface area contributed by atoms with Crippen LogP contribution in [0.15, 0.2) is 18.2 Å². The molecule has 0 aromatic heterocycles. The summed E-state index contributed by atoms with van der Waals surface area (Å²) < 4.78 is 0. The summed E-state index contributed by atoms with van der Waals surface area (Å²) in [5.41, 5.74) is 4.04. The summed E-state index contributed by atoms with van der Waals surface area (Å²) >= 11 is 0. The minimum absolute atomic E-state index is 0.537. The Morgan fingerprint density at radius 3 is 2.94 bits per heavy atom. The average Bonchev–Trinajstić information content (AvgIpc) is 2.29. The number of hydrogen-bond acceptors (Lipinski definition) is 2. The maximum Gasteiger partial charge on any atom is 0.0669 e. The summed E-state index contributed by atoms with van der Waals surface area (Å²) in [5, 5.41) is 8.83. The number of hydrogen-bond donors (Lipinski definition) is 0. The van der Waals surface area contributed by atoms with Crippen LogP contribution in [-0.2, 0) is 19.4 Å². The highest BCUT2D eigenvalue weighted by Gasteiger charge is 2.20. The van der Waals surface area contributed by atoms with E-state index in [0.717, 1.165) is 19.5 Å². The van der Waals surface area contributed by atoms with E-state index < -0.39 is 0 Å². The predicted molar refractivity (Wildman–Crippen MR) is 65.0 cm³/mol. The monoisotopic (exact) mass is 214 g/mol. The Labute approximate surface area is 97.5 Å². The van der Waals surface area contributed by atoms with Gasteiger partial charge in [-0.1, -0.05) is 18.2 Å². The lowest BCUT2D eigenvalue weighted by Gasteiger charge is -2.32. The molecule has 1 heterocycles. The molecule has 1 aromatic rings. The first-order valence-corrected chi connectivity index (χ1v) is 5.93. The van der Waals surface area contributed by atoms with Gasteiger partial charge in [0.25, 0.3) is 0 Å². The summed E-state index contributed by atoms with van der Waals surface area (Å²) in [6.45, 7) is 6.61. The van der Waals surface area contributed by atoms with E-state index in [0.29, 0.717) is 12.5 Å². The molecule has 1 aromatic carbocycles. The van der Waals surface area contributed by atoms with Gasteiger partial charge in [-0.2, -0.15) is 5.26 Å². The molecule has 0 unspecified atom stereocenters. The van der Waals surface area contributed by atoms with Gasteiger partial charge in [0, 0.05) is 19.1 Å². The molecule has 0 saturated heterocycles. The van der Waals surface area contributed by atoms with Crippen molar-refractivity contribution in [2.24, 2.45) is 0 Å². The van der Waals surface area contributed by atoms with Crippen LogP contribution >= 0.6 is 0 Å². The second-order valence-corrected chi connectivity index (χ2v) is 4.70. The Hall–Kier alpha value is -1.33. The third-order valence-electron chi connectivity index (χ3n) is 3.40. The summed E-state index contributed by atoms with van der Waals surface area (Å²) in [6, 6.07) is 9.22. The minimum Gasteiger partial charge on any atom is -0.296 e. The molecule has 16 heavy (non-hydrogen) atoms. The molecule has 0 N–H and O–H groups in total. The van der Waals surface area contributed by atoms with Crippen molar-refractivity contribution >= 4 is 0 Å². The van der Waals surface area contributed by atoms with Crippen LogP contribution in [0.25, 0.3) is 0 Å². The van der Waals surface area contributed by atoms with E-state index in [2.05, 4.69) is 43.0 Å². The van der Waals surface area contributed by atoms with Gasteiger partial charge in [0.1, 0.15) is 0 Å². The van der Waals surface area contributed by atoms with Crippen LogP contribution in [0.5, 0.6) is 0 Å². The van der Waals surface area contributed by atoms with Crippen molar-refractivity contribution in [2.45, 2.75) is 39.3 Å². The van der Waals surface area contributed by atoms with E-state index in [4.69, 9.17) is 5.26 Å². The first-order chi connectivity index (χ1) is 7.72. The van der Waals surface area contributed by atoms with Crippen molar-refractivity contribution in [2.75, 3.05) is 6.54 Å². The molecule has 0 fully saturated rings. The highest BCUT2D eigenvalue weighted by Crippen LogP contribution is 2.24. The first-order valence-electron chi connectivity index (χ1n) is 5.93. The summed E-state index contributed by atoms with van der Waals surface area (Å²) in [7, 11) is 0. The molecule has 0 aliphatic carbocycles. The van der Waals surface area contributed by atoms with Crippen LogP contribution in [0.1, 0.15) is 30.5 Å². The molecule has 2 nitrogen and oxygen atoms in total. The van der Waals surface area contributed by atoms with Crippen LogP contribution in [0.4, 0.5) is 0 Å². The third kappa shape index (κ3) is 2.10. The Bertz CT molecular complexity index is 415. The first kappa shape index (κ1) is 11.2. The van der Waals surface area contributed by atoms with Gasteiger partial charge < -0.3 is 0 Å². The zero-order valence-corrected chi connectivity index (χ0v) is 10.0. The van der Waals surface area contributed by atoms with Gasteiger partial charge in [-0.15, -0.1) is 0 Å². The molecule has 1 aliphatic heterocycles. The number of nitrogens with zero attached hydrogens (tertiary/aromatic N) is 2. The fourth-order valence-corrected chi connectivity index (χ4v) is 2.36. The quantitative estimate of drug-likeness (QED) is 0.756. The Kier molecular flexibility index (Phi) is 3.26. The zero-order chi connectivity index (χ0) is 11.5. The molecule has 0 bridgehead atoms. The topological polar surface area (TPSA) is 27.0 Å². The standard InChI is InChI=1S/C14H18N2/c1-11(2)16-9-7-13-5-3-4-12(6-8-15)14(13)10-16/h3-5,11H,6-7,9-10H2,1-2H3. The number of fused-ring (bicyclic) bond motifs is 1. The smallest absolute Gasteiger partial charge is 0.0669 e. The second-order valence-electron chi connectivity index (χ2n) is 4.70. The van der Waals surface area contributed by atoms with Gasteiger partial charge in [0.15, 0.2) is 0 Å². The lowest BCUT2D eigenvalue weighted by Crippen LogP contribution is -2.36. The predicted octanol–water partition coefficient (Wildman–Crippen LogP) is 2.52. The van der Waals surface area contributed by atoms with Gasteiger partial charge >= 0.3 is 0 Å². The van der Waals surface area contributed by atoms with Crippen LogP contribution < -0.4 is 0 Å². The molecule has 0 radical (unpaired) electrons. The van der Waals surface area contributed by atoms with Crippen molar-refractivity contribution in [3.63, 3.8) is 0 Å². The van der Waals surface area contributed by atoms with E-state index in [9.17, 15) is 0 Å². The van der Waals surface area contributed by atoms with E-state index in [1.54, 1.807) is 0 Å². The Morgan fingerprint density at radius 2 is 2.25 bits per heavy atom.